The monoisotopic (exact) mass is 367 g/mol. The Morgan fingerprint density at radius 3 is 2.69 bits per heavy atom. The average molecular weight is 368 g/mol. The van der Waals surface area contributed by atoms with Crippen LogP contribution in [0.25, 0.3) is 0 Å². The van der Waals surface area contributed by atoms with Crippen molar-refractivity contribution in [3.63, 3.8) is 0 Å². The van der Waals surface area contributed by atoms with Gasteiger partial charge in [-0.25, -0.2) is 0 Å². The maximum atomic E-state index is 12.6. The second-order valence-electron chi connectivity index (χ2n) is 5.70. The van der Waals surface area contributed by atoms with Crippen LogP contribution >= 0.6 is 11.6 Å². The zero-order chi connectivity index (χ0) is 18.5. The highest BCUT2D eigenvalue weighted by atomic mass is 35.5. The standard InChI is InChI=1S/C20H18ClN3O2/c1-13-7-8-15(21)10-18(13)23-16-9-14(11-22-12-16)20(25)24-17-5-3-4-6-19(17)26-2/h3-12,23H,1-2H3,(H,24,25). The van der Waals surface area contributed by atoms with Crippen molar-refractivity contribution in [2.45, 2.75) is 6.92 Å². The van der Waals surface area contributed by atoms with Gasteiger partial charge in [-0.05, 0) is 42.8 Å². The van der Waals surface area contributed by atoms with Crippen LogP contribution in [0.1, 0.15) is 15.9 Å². The Kier molecular flexibility index (Phi) is 5.39. The molecule has 3 rings (SSSR count). The molecule has 2 aromatic carbocycles. The van der Waals surface area contributed by atoms with Crippen LogP contribution in [0.3, 0.4) is 0 Å². The minimum absolute atomic E-state index is 0.270. The van der Waals surface area contributed by atoms with E-state index in [9.17, 15) is 4.79 Å². The number of aromatic nitrogens is 1. The summed E-state index contributed by atoms with van der Waals surface area (Å²) >= 11 is 6.05. The third kappa shape index (κ3) is 4.13. The number of anilines is 3. The maximum Gasteiger partial charge on any atom is 0.257 e. The number of carbonyl (C=O) groups is 1. The van der Waals surface area contributed by atoms with E-state index in [4.69, 9.17) is 16.3 Å². The van der Waals surface area contributed by atoms with E-state index in [2.05, 4.69) is 15.6 Å². The van der Waals surface area contributed by atoms with Crippen molar-refractivity contribution in [2.24, 2.45) is 0 Å². The summed E-state index contributed by atoms with van der Waals surface area (Å²) in [5, 5.41) is 6.71. The number of nitrogens with one attached hydrogen (secondary N) is 2. The fourth-order valence-corrected chi connectivity index (χ4v) is 2.63. The van der Waals surface area contributed by atoms with Crippen molar-refractivity contribution < 1.29 is 9.53 Å². The number of amides is 1. The lowest BCUT2D eigenvalue weighted by atomic mass is 10.2. The molecule has 0 unspecified atom stereocenters. The normalized spacial score (nSPS) is 10.3. The number of pyridine rings is 1. The van der Waals surface area contributed by atoms with Crippen molar-refractivity contribution in [3.05, 3.63) is 77.1 Å². The van der Waals surface area contributed by atoms with Gasteiger partial charge in [-0.3, -0.25) is 9.78 Å². The molecule has 0 radical (unpaired) electrons. The molecule has 0 bridgehead atoms. The summed E-state index contributed by atoms with van der Waals surface area (Å²) in [6.45, 7) is 1.98. The van der Waals surface area contributed by atoms with Crippen molar-refractivity contribution >= 4 is 34.6 Å². The number of benzene rings is 2. The quantitative estimate of drug-likeness (QED) is 0.662. The van der Waals surface area contributed by atoms with E-state index >= 15 is 0 Å². The number of aryl methyl sites for hydroxylation is 1. The van der Waals surface area contributed by atoms with E-state index < -0.39 is 0 Å². The van der Waals surface area contributed by atoms with Gasteiger partial charge in [0.05, 0.1) is 30.2 Å². The zero-order valence-corrected chi connectivity index (χ0v) is 15.2. The van der Waals surface area contributed by atoms with Gasteiger partial charge >= 0.3 is 0 Å². The van der Waals surface area contributed by atoms with Crippen molar-refractivity contribution in [1.82, 2.24) is 4.98 Å². The predicted molar refractivity (Wildman–Crippen MR) is 105 cm³/mol. The Labute approximate surface area is 157 Å². The first-order chi connectivity index (χ1) is 12.6. The molecular formula is C20H18ClN3O2. The molecule has 6 heteroatoms. The van der Waals surface area contributed by atoms with Gasteiger partial charge in [-0.15, -0.1) is 0 Å². The van der Waals surface area contributed by atoms with Gasteiger partial charge in [0.25, 0.3) is 5.91 Å². The van der Waals surface area contributed by atoms with E-state index in [1.165, 1.54) is 6.20 Å². The maximum absolute atomic E-state index is 12.6. The average Bonchev–Trinajstić information content (AvgIpc) is 2.65. The summed E-state index contributed by atoms with van der Waals surface area (Å²) in [6, 6.07) is 14.6. The first kappa shape index (κ1) is 17.8. The molecule has 0 spiro atoms. The highest BCUT2D eigenvalue weighted by Crippen LogP contribution is 2.26. The van der Waals surface area contributed by atoms with Gasteiger partial charge in [0.1, 0.15) is 5.75 Å². The van der Waals surface area contributed by atoms with Crippen LogP contribution in [-0.2, 0) is 0 Å². The van der Waals surface area contributed by atoms with Gasteiger partial charge in [0, 0.05) is 16.9 Å². The van der Waals surface area contributed by atoms with Gasteiger partial charge in [0.15, 0.2) is 0 Å². The molecular weight excluding hydrogens is 350 g/mol. The predicted octanol–water partition coefficient (Wildman–Crippen LogP) is 5.05. The van der Waals surface area contributed by atoms with E-state index in [1.54, 1.807) is 31.5 Å². The van der Waals surface area contributed by atoms with Crippen LogP contribution in [0.2, 0.25) is 5.02 Å². The molecule has 1 amide bonds. The van der Waals surface area contributed by atoms with E-state index in [1.807, 2.05) is 37.3 Å². The molecule has 3 aromatic rings. The number of carbonyl (C=O) groups excluding carboxylic acids is 1. The van der Waals surface area contributed by atoms with Crippen molar-refractivity contribution in [3.8, 4) is 5.75 Å². The number of ether oxygens (including phenoxy) is 1. The molecule has 1 aromatic heterocycles. The van der Waals surface area contributed by atoms with E-state index in [0.717, 1.165) is 11.3 Å². The summed E-state index contributed by atoms with van der Waals surface area (Å²) in [6.07, 6.45) is 3.17. The largest absolute Gasteiger partial charge is 0.495 e. The molecule has 0 saturated carbocycles. The number of para-hydroxylation sites is 2. The van der Waals surface area contributed by atoms with Crippen LogP contribution < -0.4 is 15.4 Å². The number of methoxy groups -OCH3 is 1. The molecule has 132 valence electrons. The summed E-state index contributed by atoms with van der Waals surface area (Å²) in [5.74, 6) is 0.325. The Balaban J connectivity index is 1.80. The third-order valence-corrected chi connectivity index (χ3v) is 4.07. The number of halogens is 1. The van der Waals surface area contributed by atoms with Crippen molar-refractivity contribution in [1.29, 1.82) is 0 Å². The first-order valence-corrected chi connectivity index (χ1v) is 8.37. The molecule has 5 nitrogen and oxygen atoms in total. The van der Waals surface area contributed by atoms with Crippen LogP contribution in [0.5, 0.6) is 5.75 Å². The SMILES string of the molecule is COc1ccccc1NC(=O)c1cncc(Nc2cc(Cl)ccc2C)c1. The Bertz CT molecular complexity index is 944. The lowest BCUT2D eigenvalue weighted by molar-refractivity contribution is 0.102. The lowest BCUT2D eigenvalue weighted by Gasteiger charge is -2.12. The second-order valence-corrected chi connectivity index (χ2v) is 6.14. The molecule has 0 aliphatic rings. The van der Waals surface area contributed by atoms with Gasteiger partial charge < -0.3 is 15.4 Å². The zero-order valence-electron chi connectivity index (χ0n) is 14.4. The van der Waals surface area contributed by atoms with Gasteiger partial charge in [0.2, 0.25) is 0 Å². The highest BCUT2D eigenvalue weighted by Gasteiger charge is 2.11. The molecule has 0 saturated heterocycles. The topological polar surface area (TPSA) is 63.2 Å². The van der Waals surface area contributed by atoms with Crippen LogP contribution in [0.15, 0.2) is 60.9 Å². The summed E-state index contributed by atoms with van der Waals surface area (Å²) < 4.78 is 5.25. The fraction of sp³-hybridized carbons (Fsp3) is 0.100. The van der Waals surface area contributed by atoms with E-state index in [0.29, 0.717) is 27.7 Å². The number of nitrogens with zero attached hydrogens (tertiary/aromatic N) is 1. The fourth-order valence-electron chi connectivity index (χ4n) is 2.46. The summed E-state index contributed by atoms with van der Waals surface area (Å²) in [4.78, 5) is 16.7. The van der Waals surface area contributed by atoms with Crippen molar-refractivity contribution in [2.75, 3.05) is 17.7 Å². The molecule has 0 fully saturated rings. The van der Waals surface area contributed by atoms with Crippen LogP contribution in [0.4, 0.5) is 17.1 Å². The minimum atomic E-state index is -0.270. The number of rotatable bonds is 5. The second kappa shape index (κ2) is 7.89. The molecule has 0 aliphatic heterocycles. The minimum Gasteiger partial charge on any atom is -0.495 e. The molecule has 2 N–H and O–H groups in total. The molecule has 0 aliphatic carbocycles. The Hall–Kier alpha value is -3.05. The first-order valence-electron chi connectivity index (χ1n) is 7.99. The van der Waals surface area contributed by atoms with Crippen LogP contribution in [-0.4, -0.2) is 18.0 Å². The van der Waals surface area contributed by atoms with Crippen LogP contribution in [0, 0.1) is 6.92 Å². The Morgan fingerprint density at radius 2 is 1.88 bits per heavy atom. The van der Waals surface area contributed by atoms with E-state index in [-0.39, 0.29) is 5.91 Å². The third-order valence-electron chi connectivity index (χ3n) is 3.83. The Morgan fingerprint density at radius 1 is 1.08 bits per heavy atom. The molecule has 26 heavy (non-hydrogen) atoms. The lowest BCUT2D eigenvalue weighted by Crippen LogP contribution is -2.13. The van der Waals surface area contributed by atoms with Gasteiger partial charge in [-0.1, -0.05) is 29.8 Å². The number of hydrogen-bond donors (Lipinski definition) is 2. The smallest absolute Gasteiger partial charge is 0.257 e. The molecule has 0 atom stereocenters. The van der Waals surface area contributed by atoms with Gasteiger partial charge in [-0.2, -0.15) is 0 Å². The summed E-state index contributed by atoms with van der Waals surface area (Å²) in [7, 11) is 1.56. The molecule has 1 heterocycles. The number of hydrogen-bond acceptors (Lipinski definition) is 4. The summed E-state index contributed by atoms with van der Waals surface area (Å²) in [5.41, 5.74) is 3.63. The highest BCUT2D eigenvalue weighted by molar-refractivity contribution is 6.30.